The van der Waals surface area contributed by atoms with E-state index in [0.717, 1.165) is 16.7 Å². The fourth-order valence-corrected chi connectivity index (χ4v) is 4.38. The van der Waals surface area contributed by atoms with Crippen molar-refractivity contribution < 1.29 is 33.8 Å². The Morgan fingerprint density at radius 3 is 1.98 bits per heavy atom. The number of esters is 1. The maximum absolute atomic E-state index is 14.1. The van der Waals surface area contributed by atoms with E-state index in [1.165, 1.54) is 4.90 Å². The minimum Gasteiger partial charge on any atom is -0.458 e. The zero-order valence-electron chi connectivity index (χ0n) is 25.9. The van der Waals surface area contributed by atoms with E-state index in [2.05, 4.69) is 10.6 Å². The highest BCUT2D eigenvalue weighted by Crippen LogP contribution is 2.25. The van der Waals surface area contributed by atoms with E-state index in [9.17, 15) is 24.3 Å². The van der Waals surface area contributed by atoms with Gasteiger partial charge in [-0.25, -0.2) is 9.59 Å². The van der Waals surface area contributed by atoms with Crippen LogP contribution < -0.4 is 10.6 Å². The van der Waals surface area contributed by atoms with Gasteiger partial charge in [0.25, 0.3) is 0 Å². The maximum atomic E-state index is 14.1. The van der Waals surface area contributed by atoms with Crippen molar-refractivity contribution in [3.05, 3.63) is 70.8 Å². The fourth-order valence-electron chi connectivity index (χ4n) is 4.38. The van der Waals surface area contributed by atoms with Crippen LogP contribution in [0.2, 0.25) is 0 Å². The summed E-state index contributed by atoms with van der Waals surface area (Å²) in [5.74, 6) is -1.87. The number of carbonyl (C=O) groups excluding carboxylic acids is 4. The first kappa shape index (κ1) is 34.3. The Hall–Kier alpha value is -3.92. The SMILES string of the molecule is Cc1cc(C)cc(C(C(=O)NC(Cc2ccccc2)C(=O)OC(C)(C)C)N(CCO)C(=O)CNC(=O)OC(C)(C)C)c1. The zero-order chi connectivity index (χ0) is 31.7. The Bertz CT molecular complexity index is 1210. The Morgan fingerprint density at radius 2 is 1.45 bits per heavy atom. The van der Waals surface area contributed by atoms with Crippen LogP contribution >= 0.6 is 0 Å². The third-order valence-electron chi connectivity index (χ3n) is 5.85. The van der Waals surface area contributed by atoms with Crippen LogP contribution in [0.5, 0.6) is 0 Å². The third-order valence-corrected chi connectivity index (χ3v) is 5.85. The number of amides is 3. The summed E-state index contributed by atoms with van der Waals surface area (Å²) in [6.07, 6.45) is -0.630. The molecule has 0 aliphatic carbocycles. The molecule has 0 spiro atoms. The van der Waals surface area contributed by atoms with Gasteiger partial charge in [-0.2, -0.15) is 0 Å². The molecule has 2 aromatic rings. The number of nitrogens with one attached hydrogen (secondary N) is 2. The predicted octanol–water partition coefficient (Wildman–Crippen LogP) is 3.76. The van der Waals surface area contributed by atoms with Crippen LogP contribution in [-0.2, 0) is 30.3 Å². The molecule has 0 saturated heterocycles. The molecule has 3 amide bonds. The summed E-state index contributed by atoms with van der Waals surface area (Å²) in [5.41, 5.74) is 1.46. The second-order valence-corrected chi connectivity index (χ2v) is 12.3. The highest BCUT2D eigenvalue weighted by molar-refractivity contribution is 5.93. The van der Waals surface area contributed by atoms with Crippen molar-refractivity contribution in [3.63, 3.8) is 0 Å². The molecule has 0 bridgehead atoms. The van der Waals surface area contributed by atoms with Gasteiger partial charge in [0.2, 0.25) is 11.8 Å². The molecule has 0 aliphatic rings. The average molecular weight is 584 g/mol. The molecule has 3 N–H and O–H groups in total. The molecule has 0 radical (unpaired) electrons. The summed E-state index contributed by atoms with van der Waals surface area (Å²) >= 11 is 0. The lowest BCUT2D eigenvalue weighted by molar-refractivity contribution is -0.159. The van der Waals surface area contributed by atoms with Crippen LogP contribution in [0.4, 0.5) is 4.79 Å². The number of hydrogen-bond acceptors (Lipinski definition) is 7. The molecule has 10 heteroatoms. The molecule has 2 aromatic carbocycles. The largest absolute Gasteiger partial charge is 0.458 e. The molecule has 0 fully saturated rings. The second-order valence-electron chi connectivity index (χ2n) is 12.3. The Morgan fingerprint density at radius 1 is 0.881 bits per heavy atom. The van der Waals surface area contributed by atoms with Crippen LogP contribution in [-0.4, -0.2) is 70.8 Å². The van der Waals surface area contributed by atoms with Crippen molar-refractivity contribution in [2.45, 2.75) is 85.1 Å². The summed E-state index contributed by atoms with van der Waals surface area (Å²) < 4.78 is 10.8. The quantitative estimate of drug-likeness (QED) is 0.343. The molecule has 2 atom stereocenters. The van der Waals surface area contributed by atoms with Crippen molar-refractivity contribution in [2.75, 3.05) is 19.7 Å². The van der Waals surface area contributed by atoms with Gasteiger partial charge in [0.15, 0.2) is 0 Å². The Kier molecular flexibility index (Phi) is 12.1. The summed E-state index contributed by atoms with van der Waals surface area (Å²) in [6, 6.07) is 12.4. The molecule has 42 heavy (non-hydrogen) atoms. The van der Waals surface area contributed by atoms with E-state index in [1.807, 2.05) is 50.2 Å². The third kappa shape index (κ3) is 11.5. The van der Waals surface area contributed by atoms with E-state index >= 15 is 0 Å². The highest BCUT2D eigenvalue weighted by atomic mass is 16.6. The van der Waals surface area contributed by atoms with Crippen molar-refractivity contribution >= 4 is 23.9 Å². The van der Waals surface area contributed by atoms with E-state index in [-0.39, 0.29) is 13.0 Å². The molecular weight excluding hydrogens is 538 g/mol. The predicted molar refractivity (Wildman–Crippen MR) is 160 cm³/mol. The standard InChI is InChI=1S/C32H45N3O7/c1-21-16-22(2)18-24(17-21)27(35(14-15-36)26(37)20-33-30(40)42-32(6,7)8)28(38)34-25(29(39)41-31(3,4)5)19-23-12-10-9-11-13-23/h9-13,16-18,25,27,36H,14-15,19-20H2,1-8H3,(H,33,40)(H,34,38). The van der Waals surface area contributed by atoms with Gasteiger partial charge < -0.3 is 30.1 Å². The molecule has 230 valence electrons. The Balaban J connectivity index is 2.47. The number of aliphatic hydroxyl groups excluding tert-OH is 1. The number of hydrogen-bond donors (Lipinski definition) is 3. The first-order chi connectivity index (χ1) is 19.5. The highest BCUT2D eigenvalue weighted by Gasteiger charge is 2.35. The van der Waals surface area contributed by atoms with Gasteiger partial charge in [0, 0.05) is 13.0 Å². The molecule has 2 unspecified atom stereocenters. The molecule has 0 heterocycles. The summed E-state index contributed by atoms with van der Waals surface area (Å²) in [4.78, 5) is 54.2. The first-order valence-electron chi connectivity index (χ1n) is 14.0. The molecule has 10 nitrogen and oxygen atoms in total. The fraction of sp³-hybridized carbons (Fsp3) is 0.500. The maximum Gasteiger partial charge on any atom is 0.408 e. The van der Waals surface area contributed by atoms with Gasteiger partial charge in [0.1, 0.15) is 29.8 Å². The number of aryl methyl sites for hydroxylation is 2. The van der Waals surface area contributed by atoms with Crippen molar-refractivity contribution in [3.8, 4) is 0 Å². The van der Waals surface area contributed by atoms with Crippen LogP contribution in [0.15, 0.2) is 48.5 Å². The van der Waals surface area contributed by atoms with Crippen LogP contribution in [0.25, 0.3) is 0 Å². The van der Waals surface area contributed by atoms with Gasteiger partial charge in [-0.05, 0) is 66.5 Å². The van der Waals surface area contributed by atoms with Gasteiger partial charge in [-0.3, -0.25) is 9.59 Å². The van der Waals surface area contributed by atoms with Crippen molar-refractivity contribution in [1.29, 1.82) is 0 Å². The number of ether oxygens (including phenoxy) is 2. The van der Waals surface area contributed by atoms with E-state index in [1.54, 1.807) is 53.7 Å². The van der Waals surface area contributed by atoms with E-state index in [0.29, 0.717) is 5.56 Å². The number of nitrogens with zero attached hydrogens (tertiary/aromatic N) is 1. The van der Waals surface area contributed by atoms with Gasteiger partial charge in [0.05, 0.1) is 6.61 Å². The second kappa shape index (κ2) is 14.8. The van der Waals surface area contributed by atoms with Crippen LogP contribution in [0.1, 0.15) is 69.8 Å². The summed E-state index contributed by atoms with van der Waals surface area (Å²) in [5, 5.41) is 15.1. The van der Waals surface area contributed by atoms with Crippen LogP contribution in [0.3, 0.4) is 0 Å². The molecule has 2 rings (SSSR count). The van der Waals surface area contributed by atoms with Gasteiger partial charge >= 0.3 is 12.1 Å². The minimum atomic E-state index is -1.22. The number of rotatable bonds is 11. The van der Waals surface area contributed by atoms with E-state index < -0.39 is 60.3 Å². The molecule has 0 saturated carbocycles. The number of alkyl carbamates (subject to hydrolysis) is 1. The summed E-state index contributed by atoms with van der Waals surface area (Å²) in [6.45, 7) is 12.9. The smallest absolute Gasteiger partial charge is 0.408 e. The zero-order valence-corrected chi connectivity index (χ0v) is 25.9. The number of carbonyl (C=O) groups is 4. The number of benzene rings is 2. The molecule has 0 aromatic heterocycles. The lowest BCUT2D eigenvalue weighted by Crippen LogP contribution is -2.52. The average Bonchev–Trinajstić information content (AvgIpc) is 2.84. The number of aliphatic hydroxyl groups is 1. The van der Waals surface area contributed by atoms with E-state index in [4.69, 9.17) is 9.47 Å². The molecular formula is C32H45N3O7. The van der Waals surface area contributed by atoms with Crippen molar-refractivity contribution in [2.24, 2.45) is 0 Å². The lowest BCUT2D eigenvalue weighted by atomic mass is 9.98. The van der Waals surface area contributed by atoms with Gasteiger partial charge in [-0.15, -0.1) is 0 Å². The van der Waals surface area contributed by atoms with Crippen LogP contribution in [0, 0.1) is 13.8 Å². The topological polar surface area (TPSA) is 134 Å². The Labute approximate surface area is 248 Å². The van der Waals surface area contributed by atoms with Crippen molar-refractivity contribution in [1.82, 2.24) is 15.5 Å². The minimum absolute atomic E-state index is 0.162. The lowest BCUT2D eigenvalue weighted by Gasteiger charge is -2.33. The molecule has 0 aliphatic heterocycles. The first-order valence-corrected chi connectivity index (χ1v) is 14.0. The van der Waals surface area contributed by atoms with Gasteiger partial charge in [-0.1, -0.05) is 59.7 Å². The normalized spacial score (nSPS) is 13.0. The summed E-state index contributed by atoms with van der Waals surface area (Å²) in [7, 11) is 0. The monoisotopic (exact) mass is 583 g/mol.